The van der Waals surface area contributed by atoms with Gasteiger partial charge < -0.3 is 15.1 Å². The maximum atomic E-state index is 13.8. The summed E-state index contributed by atoms with van der Waals surface area (Å²) < 4.78 is 41.5. The second-order valence-corrected chi connectivity index (χ2v) is 6.89. The van der Waals surface area contributed by atoms with Crippen molar-refractivity contribution in [1.82, 2.24) is 4.90 Å². The summed E-state index contributed by atoms with van der Waals surface area (Å²) in [6.45, 7) is 4.32. The van der Waals surface area contributed by atoms with E-state index in [1.165, 1.54) is 37.8 Å². The molecule has 0 amide bonds. The van der Waals surface area contributed by atoms with E-state index >= 15 is 0 Å². The zero-order chi connectivity index (χ0) is 22.9. The highest BCUT2D eigenvalue weighted by atomic mass is 19.4. The number of allylic oxidation sites excluding steroid dienone is 2. The predicted molar refractivity (Wildman–Crippen MR) is 101 cm³/mol. The molecule has 0 radical (unpaired) electrons. The van der Waals surface area contributed by atoms with Gasteiger partial charge in [-0.3, -0.25) is 0 Å². The second-order valence-electron chi connectivity index (χ2n) is 6.89. The Kier molecular flexibility index (Phi) is 6.30. The first-order chi connectivity index (χ1) is 13.9. The highest BCUT2D eigenvalue weighted by Crippen LogP contribution is 2.52. The predicted octanol–water partition coefficient (Wildman–Crippen LogP) is 4.30. The number of benzene rings is 1. The fourth-order valence-corrected chi connectivity index (χ4v) is 4.35. The standard InChI is InChI=1S/C21H21F3N2O4/c1-4-20(14-8-5-6-9-15(14)21(22,23)24)16(18(27)28)12(2)26(11-7-10-25)13(3)17(20)19(29)30/h5-6,8-9H,4,7,11H2,1-3H3,(H,27,28)(H,29,30). The molecule has 0 saturated carbocycles. The molecule has 1 aliphatic rings. The van der Waals surface area contributed by atoms with Gasteiger partial charge in [-0.15, -0.1) is 0 Å². The average molecular weight is 422 g/mol. The zero-order valence-corrected chi connectivity index (χ0v) is 16.7. The van der Waals surface area contributed by atoms with Crippen LogP contribution in [0.2, 0.25) is 0 Å². The average Bonchev–Trinajstić information content (AvgIpc) is 2.65. The molecule has 1 aromatic carbocycles. The van der Waals surface area contributed by atoms with Gasteiger partial charge in [0.25, 0.3) is 0 Å². The minimum absolute atomic E-state index is 0.0163. The summed E-state index contributed by atoms with van der Waals surface area (Å²) >= 11 is 0. The fourth-order valence-electron chi connectivity index (χ4n) is 4.35. The molecule has 160 valence electrons. The molecule has 1 aliphatic heterocycles. The third-order valence-electron chi connectivity index (χ3n) is 5.48. The maximum Gasteiger partial charge on any atom is 0.416 e. The summed E-state index contributed by atoms with van der Waals surface area (Å²) in [5.41, 5.74) is -4.20. The normalized spacial score (nSPS) is 16.5. The Morgan fingerprint density at radius 3 is 2.00 bits per heavy atom. The van der Waals surface area contributed by atoms with E-state index in [0.29, 0.717) is 0 Å². The Hall–Kier alpha value is -3.28. The van der Waals surface area contributed by atoms with Crippen molar-refractivity contribution in [2.45, 2.75) is 45.2 Å². The Balaban J connectivity index is 3.05. The number of alkyl halides is 3. The molecule has 0 aromatic heterocycles. The lowest BCUT2D eigenvalue weighted by molar-refractivity contribution is -0.140. The monoisotopic (exact) mass is 422 g/mol. The molecule has 0 saturated heterocycles. The summed E-state index contributed by atoms with van der Waals surface area (Å²) in [6, 6.07) is 6.36. The lowest BCUT2D eigenvalue weighted by Crippen LogP contribution is -2.46. The van der Waals surface area contributed by atoms with Crippen molar-refractivity contribution in [2.24, 2.45) is 0 Å². The molecule has 0 atom stereocenters. The van der Waals surface area contributed by atoms with E-state index in [9.17, 15) is 33.0 Å². The van der Waals surface area contributed by atoms with Crippen LogP contribution in [0.25, 0.3) is 0 Å². The molecule has 2 rings (SSSR count). The largest absolute Gasteiger partial charge is 0.478 e. The first kappa shape index (κ1) is 23.0. The fraction of sp³-hybridized carbons (Fsp3) is 0.381. The smallest absolute Gasteiger partial charge is 0.416 e. The van der Waals surface area contributed by atoms with Crippen LogP contribution in [0.3, 0.4) is 0 Å². The van der Waals surface area contributed by atoms with E-state index in [0.717, 1.165) is 12.1 Å². The van der Waals surface area contributed by atoms with Crippen molar-refractivity contribution in [3.05, 3.63) is 57.9 Å². The molecular weight excluding hydrogens is 401 g/mol. The SMILES string of the molecule is CCC1(c2ccccc2C(F)(F)F)C(C(=O)O)=C(C)N(CCC#N)C(C)=C1C(=O)O. The highest BCUT2D eigenvalue weighted by Gasteiger charge is 2.53. The van der Waals surface area contributed by atoms with Crippen LogP contribution >= 0.6 is 0 Å². The van der Waals surface area contributed by atoms with E-state index in [2.05, 4.69) is 0 Å². The van der Waals surface area contributed by atoms with Crippen LogP contribution in [0.5, 0.6) is 0 Å². The quantitative estimate of drug-likeness (QED) is 0.709. The van der Waals surface area contributed by atoms with Gasteiger partial charge in [0.05, 0.1) is 34.6 Å². The summed E-state index contributed by atoms with van der Waals surface area (Å²) in [5, 5.41) is 28.9. The van der Waals surface area contributed by atoms with Crippen LogP contribution in [0, 0.1) is 11.3 Å². The number of carboxylic acids is 2. The lowest BCUT2D eigenvalue weighted by Gasteiger charge is -2.45. The van der Waals surface area contributed by atoms with Crippen molar-refractivity contribution in [3.8, 4) is 6.07 Å². The number of carbonyl (C=O) groups is 2. The molecule has 1 heterocycles. The summed E-state index contributed by atoms with van der Waals surface area (Å²) in [6.07, 6.45) is -5.05. The molecule has 0 fully saturated rings. The molecule has 0 spiro atoms. The van der Waals surface area contributed by atoms with E-state index in [-0.39, 0.29) is 30.8 Å². The third-order valence-corrected chi connectivity index (χ3v) is 5.48. The number of halogens is 3. The number of hydrogen-bond acceptors (Lipinski definition) is 4. The van der Waals surface area contributed by atoms with Gasteiger partial charge in [-0.1, -0.05) is 25.1 Å². The van der Waals surface area contributed by atoms with Gasteiger partial charge >= 0.3 is 18.1 Å². The number of nitrogens with zero attached hydrogens (tertiary/aromatic N) is 2. The molecule has 1 aromatic rings. The zero-order valence-electron chi connectivity index (χ0n) is 16.7. The Bertz CT molecular complexity index is 949. The minimum Gasteiger partial charge on any atom is -0.478 e. The Morgan fingerprint density at radius 2 is 1.60 bits per heavy atom. The Morgan fingerprint density at radius 1 is 1.10 bits per heavy atom. The van der Waals surface area contributed by atoms with Crippen LogP contribution < -0.4 is 0 Å². The third kappa shape index (κ3) is 3.54. The van der Waals surface area contributed by atoms with Crippen LogP contribution in [0.1, 0.15) is 44.7 Å². The number of aliphatic carboxylic acids is 2. The van der Waals surface area contributed by atoms with Gasteiger partial charge in [0.2, 0.25) is 0 Å². The van der Waals surface area contributed by atoms with E-state index in [4.69, 9.17) is 5.26 Å². The first-order valence-corrected chi connectivity index (χ1v) is 9.15. The van der Waals surface area contributed by atoms with Gasteiger partial charge in [-0.25, -0.2) is 9.59 Å². The minimum atomic E-state index is -4.81. The van der Waals surface area contributed by atoms with Crippen LogP contribution in [0.15, 0.2) is 46.8 Å². The first-order valence-electron chi connectivity index (χ1n) is 9.15. The van der Waals surface area contributed by atoms with E-state index in [1.807, 2.05) is 6.07 Å². The lowest BCUT2D eigenvalue weighted by atomic mass is 9.62. The molecule has 0 unspecified atom stereocenters. The highest BCUT2D eigenvalue weighted by molar-refractivity contribution is 6.00. The van der Waals surface area contributed by atoms with Crippen LogP contribution in [0.4, 0.5) is 13.2 Å². The van der Waals surface area contributed by atoms with Crippen molar-refractivity contribution >= 4 is 11.9 Å². The summed E-state index contributed by atoms with van der Waals surface area (Å²) in [4.78, 5) is 26.0. The van der Waals surface area contributed by atoms with Gasteiger partial charge in [0.1, 0.15) is 0 Å². The van der Waals surface area contributed by atoms with Crippen molar-refractivity contribution in [3.63, 3.8) is 0 Å². The van der Waals surface area contributed by atoms with E-state index < -0.39 is 45.8 Å². The van der Waals surface area contributed by atoms with Crippen molar-refractivity contribution < 1.29 is 33.0 Å². The number of rotatable bonds is 6. The molecule has 30 heavy (non-hydrogen) atoms. The van der Waals surface area contributed by atoms with Gasteiger partial charge in [0.15, 0.2) is 0 Å². The number of hydrogen-bond donors (Lipinski definition) is 2. The van der Waals surface area contributed by atoms with Gasteiger partial charge in [-0.05, 0) is 31.9 Å². The molecule has 9 heteroatoms. The molecule has 0 bridgehead atoms. The van der Waals surface area contributed by atoms with Gasteiger partial charge in [-0.2, -0.15) is 18.4 Å². The summed E-state index contributed by atoms with van der Waals surface area (Å²) in [7, 11) is 0. The molecule has 0 aliphatic carbocycles. The van der Waals surface area contributed by atoms with Gasteiger partial charge in [0, 0.05) is 17.9 Å². The van der Waals surface area contributed by atoms with Crippen molar-refractivity contribution in [2.75, 3.05) is 6.54 Å². The number of nitriles is 1. The number of carboxylic acid groups (broad SMARTS) is 2. The van der Waals surface area contributed by atoms with Crippen LogP contribution in [-0.2, 0) is 21.2 Å². The topological polar surface area (TPSA) is 102 Å². The maximum absolute atomic E-state index is 13.8. The Labute approximate surface area is 171 Å². The van der Waals surface area contributed by atoms with Crippen molar-refractivity contribution in [1.29, 1.82) is 5.26 Å². The summed E-state index contributed by atoms with van der Waals surface area (Å²) in [5.74, 6) is -3.03. The van der Waals surface area contributed by atoms with Crippen LogP contribution in [-0.4, -0.2) is 33.6 Å². The molecule has 6 nitrogen and oxygen atoms in total. The second kappa shape index (κ2) is 8.22. The van der Waals surface area contributed by atoms with E-state index in [1.54, 1.807) is 0 Å². The molecule has 2 N–H and O–H groups in total. The molecular formula is C21H21F3N2O4.